The quantitative estimate of drug-likeness (QED) is 0.777. The van der Waals surface area contributed by atoms with E-state index in [2.05, 4.69) is 16.5 Å². The van der Waals surface area contributed by atoms with Crippen LogP contribution in [0.1, 0.15) is 58.3 Å². The third-order valence-electron chi connectivity index (χ3n) is 5.29. The first kappa shape index (κ1) is 18.2. The van der Waals surface area contributed by atoms with Crippen molar-refractivity contribution in [3.8, 4) is 0 Å². The standard InChI is InChI=1S/C16H32N2O3S/c1-14-6-9-16(19,10-7-14)13-18-12-4-3-5-15(18)8-11-17-22(2,20)21/h14-15,17,19H,3-13H2,1-2H3. The second-order valence-corrected chi connectivity index (χ2v) is 9.32. The van der Waals surface area contributed by atoms with Crippen LogP contribution in [0, 0.1) is 5.92 Å². The minimum Gasteiger partial charge on any atom is -0.389 e. The number of nitrogens with one attached hydrogen (secondary N) is 1. The molecule has 2 fully saturated rings. The maximum Gasteiger partial charge on any atom is 0.208 e. The van der Waals surface area contributed by atoms with E-state index in [4.69, 9.17) is 0 Å². The van der Waals surface area contributed by atoms with Crippen LogP contribution < -0.4 is 4.72 Å². The van der Waals surface area contributed by atoms with E-state index in [1.165, 1.54) is 19.1 Å². The van der Waals surface area contributed by atoms with Gasteiger partial charge in [0.05, 0.1) is 11.9 Å². The average Bonchev–Trinajstić information content (AvgIpc) is 2.43. The first-order valence-corrected chi connectivity index (χ1v) is 10.6. The van der Waals surface area contributed by atoms with E-state index in [1.807, 2.05) is 0 Å². The average molecular weight is 333 g/mol. The number of likely N-dealkylation sites (tertiary alicyclic amines) is 1. The molecule has 0 amide bonds. The molecule has 1 atom stereocenters. The molecular formula is C16H32N2O3S. The summed E-state index contributed by atoms with van der Waals surface area (Å²) in [6, 6.07) is 0.395. The summed E-state index contributed by atoms with van der Waals surface area (Å²) in [6.07, 6.45) is 9.57. The van der Waals surface area contributed by atoms with Crippen LogP contribution in [0.2, 0.25) is 0 Å². The van der Waals surface area contributed by atoms with E-state index < -0.39 is 15.6 Å². The van der Waals surface area contributed by atoms with Gasteiger partial charge in [-0.1, -0.05) is 13.3 Å². The molecule has 1 aliphatic heterocycles. The predicted octanol–water partition coefficient (Wildman–Crippen LogP) is 1.72. The summed E-state index contributed by atoms with van der Waals surface area (Å²) in [6.45, 7) is 4.54. The fraction of sp³-hybridized carbons (Fsp3) is 1.00. The lowest BCUT2D eigenvalue weighted by Gasteiger charge is -2.43. The SMILES string of the molecule is CC1CCC(O)(CN2CCCCC2CCNS(C)(=O)=O)CC1. The lowest BCUT2D eigenvalue weighted by molar-refractivity contribution is -0.0501. The van der Waals surface area contributed by atoms with Gasteiger partial charge in [0, 0.05) is 19.1 Å². The highest BCUT2D eigenvalue weighted by Gasteiger charge is 2.36. The second-order valence-electron chi connectivity index (χ2n) is 7.48. The van der Waals surface area contributed by atoms with Crippen molar-refractivity contribution in [1.82, 2.24) is 9.62 Å². The van der Waals surface area contributed by atoms with E-state index in [1.54, 1.807) is 0 Å². The van der Waals surface area contributed by atoms with Crippen LogP contribution in [-0.2, 0) is 10.0 Å². The Morgan fingerprint density at radius 2 is 1.91 bits per heavy atom. The second kappa shape index (κ2) is 7.60. The number of β-amino-alcohol motifs (C(OH)–C–C–N with tert-alkyl or cyclic N) is 1. The first-order valence-electron chi connectivity index (χ1n) is 8.68. The number of hydrogen-bond donors (Lipinski definition) is 2. The molecule has 22 heavy (non-hydrogen) atoms. The fourth-order valence-electron chi connectivity index (χ4n) is 3.84. The Morgan fingerprint density at radius 1 is 1.23 bits per heavy atom. The normalized spacial score (nSPS) is 34.7. The Hall–Kier alpha value is -0.170. The zero-order valence-corrected chi connectivity index (χ0v) is 14.9. The molecule has 0 aromatic heterocycles. The van der Waals surface area contributed by atoms with Crippen molar-refractivity contribution < 1.29 is 13.5 Å². The zero-order valence-electron chi connectivity index (χ0n) is 14.1. The van der Waals surface area contributed by atoms with Gasteiger partial charge >= 0.3 is 0 Å². The van der Waals surface area contributed by atoms with E-state index in [0.29, 0.717) is 12.6 Å². The third kappa shape index (κ3) is 5.80. The van der Waals surface area contributed by atoms with Gasteiger partial charge in [-0.25, -0.2) is 13.1 Å². The van der Waals surface area contributed by atoms with Gasteiger partial charge in [-0.3, -0.25) is 4.90 Å². The van der Waals surface area contributed by atoms with Gasteiger partial charge in [0.25, 0.3) is 0 Å². The van der Waals surface area contributed by atoms with Gasteiger partial charge in [0.2, 0.25) is 10.0 Å². The van der Waals surface area contributed by atoms with Crippen LogP contribution in [0.4, 0.5) is 0 Å². The topological polar surface area (TPSA) is 69.6 Å². The van der Waals surface area contributed by atoms with Crippen LogP contribution in [0.5, 0.6) is 0 Å². The predicted molar refractivity (Wildman–Crippen MR) is 89.3 cm³/mol. The Kier molecular flexibility index (Phi) is 6.28. The van der Waals surface area contributed by atoms with Gasteiger partial charge in [-0.05, 0) is 57.4 Å². The highest BCUT2D eigenvalue weighted by atomic mass is 32.2. The van der Waals surface area contributed by atoms with Gasteiger partial charge < -0.3 is 5.11 Å². The molecule has 5 nitrogen and oxygen atoms in total. The maximum atomic E-state index is 11.2. The van der Waals surface area contributed by atoms with Crippen LogP contribution in [0.3, 0.4) is 0 Å². The molecule has 130 valence electrons. The summed E-state index contributed by atoms with van der Waals surface area (Å²) < 4.78 is 25.0. The molecule has 1 saturated carbocycles. The fourth-order valence-corrected chi connectivity index (χ4v) is 4.33. The minimum absolute atomic E-state index is 0.395. The van der Waals surface area contributed by atoms with Crippen LogP contribution in [0.15, 0.2) is 0 Å². The summed E-state index contributed by atoms with van der Waals surface area (Å²) in [4.78, 5) is 2.41. The van der Waals surface area contributed by atoms with Crippen molar-refractivity contribution in [2.45, 2.75) is 69.9 Å². The monoisotopic (exact) mass is 332 g/mol. The van der Waals surface area contributed by atoms with Gasteiger partial charge in [0.15, 0.2) is 0 Å². The zero-order chi connectivity index (χ0) is 16.2. The molecule has 0 spiro atoms. The van der Waals surface area contributed by atoms with Gasteiger partial charge in [0.1, 0.15) is 0 Å². The number of nitrogens with zero attached hydrogens (tertiary/aromatic N) is 1. The van der Waals surface area contributed by atoms with Crippen molar-refractivity contribution in [1.29, 1.82) is 0 Å². The largest absolute Gasteiger partial charge is 0.389 e. The smallest absolute Gasteiger partial charge is 0.208 e. The number of hydrogen-bond acceptors (Lipinski definition) is 4. The molecule has 2 N–H and O–H groups in total. The molecule has 1 unspecified atom stereocenters. The minimum atomic E-state index is -3.11. The Bertz CT molecular complexity index is 444. The van der Waals surface area contributed by atoms with Crippen molar-refractivity contribution >= 4 is 10.0 Å². The molecule has 1 heterocycles. The van der Waals surface area contributed by atoms with Crippen LogP contribution in [-0.4, -0.2) is 56.0 Å². The lowest BCUT2D eigenvalue weighted by atomic mass is 9.79. The number of sulfonamides is 1. The van der Waals surface area contributed by atoms with Crippen molar-refractivity contribution in [3.05, 3.63) is 0 Å². The molecule has 0 radical (unpaired) electrons. The Morgan fingerprint density at radius 3 is 2.55 bits per heavy atom. The summed E-state index contributed by atoms with van der Waals surface area (Å²) in [7, 11) is -3.11. The van der Waals surface area contributed by atoms with Crippen molar-refractivity contribution in [3.63, 3.8) is 0 Å². The molecule has 1 saturated heterocycles. The number of rotatable bonds is 6. The summed E-state index contributed by atoms with van der Waals surface area (Å²) in [5, 5.41) is 10.9. The van der Waals surface area contributed by atoms with Gasteiger partial charge in [-0.15, -0.1) is 0 Å². The Labute approximate surface area is 135 Å². The highest BCUT2D eigenvalue weighted by molar-refractivity contribution is 7.88. The van der Waals surface area contributed by atoms with E-state index in [9.17, 15) is 13.5 Å². The number of aliphatic hydroxyl groups is 1. The summed E-state index contributed by atoms with van der Waals surface area (Å²) in [5.74, 6) is 0.733. The summed E-state index contributed by atoms with van der Waals surface area (Å²) in [5.41, 5.74) is -0.535. The van der Waals surface area contributed by atoms with Crippen LogP contribution >= 0.6 is 0 Å². The van der Waals surface area contributed by atoms with E-state index >= 15 is 0 Å². The summed E-state index contributed by atoms with van der Waals surface area (Å²) >= 11 is 0. The van der Waals surface area contributed by atoms with Crippen molar-refractivity contribution in [2.75, 3.05) is 25.9 Å². The highest BCUT2D eigenvalue weighted by Crippen LogP contribution is 2.34. The molecule has 6 heteroatoms. The molecule has 0 aromatic rings. The van der Waals surface area contributed by atoms with E-state index in [0.717, 1.165) is 57.5 Å². The third-order valence-corrected chi connectivity index (χ3v) is 6.02. The molecule has 2 rings (SSSR count). The van der Waals surface area contributed by atoms with E-state index in [-0.39, 0.29) is 0 Å². The molecule has 0 bridgehead atoms. The van der Waals surface area contributed by atoms with Crippen molar-refractivity contribution in [2.24, 2.45) is 5.92 Å². The van der Waals surface area contributed by atoms with Gasteiger partial charge in [-0.2, -0.15) is 0 Å². The molecular weight excluding hydrogens is 300 g/mol. The molecule has 1 aliphatic carbocycles. The Balaban J connectivity index is 1.86. The lowest BCUT2D eigenvalue weighted by Crippen LogP contribution is -2.51. The molecule has 0 aromatic carbocycles. The first-order chi connectivity index (χ1) is 10.3. The maximum absolute atomic E-state index is 11.2. The van der Waals surface area contributed by atoms with Crippen LogP contribution in [0.25, 0.3) is 0 Å². The molecule has 2 aliphatic rings. The number of piperidine rings is 1.